The summed E-state index contributed by atoms with van der Waals surface area (Å²) >= 11 is 0. The molecular formula is C14H28N2O. The summed E-state index contributed by atoms with van der Waals surface area (Å²) in [6.07, 6.45) is 3.55. The third-order valence-corrected chi connectivity index (χ3v) is 4.26. The summed E-state index contributed by atoms with van der Waals surface area (Å²) in [5.74, 6) is 1.37. The second-order valence-corrected chi connectivity index (χ2v) is 5.38. The van der Waals surface area contributed by atoms with Crippen LogP contribution in [0.1, 0.15) is 53.9 Å². The number of hydrogen-bond donors (Lipinski definition) is 1. The van der Waals surface area contributed by atoms with Gasteiger partial charge >= 0.3 is 0 Å². The molecule has 0 aromatic heterocycles. The molecule has 3 nitrogen and oxygen atoms in total. The van der Waals surface area contributed by atoms with Crippen molar-refractivity contribution >= 4 is 5.91 Å². The molecule has 3 atom stereocenters. The molecule has 3 heteroatoms. The van der Waals surface area contributed by atoms with E-state index >= 15 is 0 Å². The summed E-state index contributed by atoms with van der Waals surface area (Å²) < 4.78 is 0. The Kier molecular flexibility index (Phi) is 5.44. The molecule has 0 saturated carbocycles. The molecule has 0 aliphatic carbocycles. The zero-order chi connectivity index (χ0) is 13.0. The fraction of sp³-hybridized carbons (Fsp3) is 0.929. The molecule has 0 spiro atoms. The summed E-state index contributed by atoms with van der Waals surface area (Å²) in [5, 5.41) is 3.43. The van der Waals surface area contributed by atoms with Gasteiger partial charge in [-0.15, -0.1) is 0 Å². The second-order valence-electron chi connectivity index (χ2n) is 5.38. The minimum absolute atomic E-state index is 0.0318. The Morgan fingerprint density at radius 1 is 1.24 bits per heavy atom. The minimum atomic E-state index is 0.0318. The highest BCUT2D eigenvalue weighted by molar-refractivity contribution is 5.84. The maximum Gasteiger partial charge on any atom is 0.241 e. The Hall–Kier alpha value is -0.570. The molecular weight excluding hydrogens is 212 g/mol. The molecule has 1 heterocycles. The number of carbonyl (C=O) groups excluding carboxylic acids is 1. The molecule has 1 N–H and O–H groups in total. The van der Waals surface area contributed by atoms with E-state index in [1.54, 1.807) is 0 Å². The second kappa shape index (κ2) is 6.39. The lowest BCUT2D eigenvalue weighted by Gasteiger charge is -2.25. The first kappa shape index (κ1) is 14.5. The Balaban J connectivity index is 2.65. The van der Waals surface area contributed by atoms with Crippen molar-refractivity contribution in [3.63, 3.8) is 0 Å². The van der Waals surface area contributed by atoms with Gasteiger partial charge in [-0.25, -0.2) is 0 Å². The van der Waals surface area contributed by atoms with Crippen LogP contribution in [0.5, 0.6) is 0 Å². The maximum atomic E-state index is 12.3. The van der Waals surface area contributed by atoms with E-state index in [0.717, 1.165) is 25.8 Å². The van der Waals surface area contributed by atoms with Crippen molar-refractivity contribution < 1.29 is 4.79 Å². The van der Waals surface area contributed by atoms with E-state index in [1.807, 2.05) is 4.90 Å². The molecule has 17 heavy (non-hydrogen) atoms. The largest absolute Gasteiger partial charge is 0.326 e. The fourth-order valence-electron chi connectivity index (χ4n) is 2.51. The van der Waals surface area contributed by atoms with Crippen molar-refractivity contribution in [3.05, 3.63) is 0 Å². The van der Waals surface area contributed by atoms with Crippen molar-refractivity contribution in [2.45, 2.75) is 66.1 Å². The van der Waals surface area contributed by atoms with Crippen LogP contribution in [-0.2, 0) is 4.79 Å². The van der Waals surface area contributed by atoms with Crippen LogP contribution in [0.3, 0.4) is 0 Å². The van der Waals surface area contributed by atoms with Crippen LogP contribution in [0.25, 0.3) is 0 Å². The quantitative estimate of drug-likeness (QED) is 0.774. The fourth-order valence-corrected chi connectivity index (χ4v) is 2.51. The molecule has 1 aliphatic heterocycles. The first-order valence-electron chi connectivity index (χ1n) is 7.11. The topological polar surface area (TPSA) is 32.3 Å². The lowest BCUT2D eigenvalue weighted by atomic mass is 9.98. The van der Waals surface area contributed by atoms with Gasteiger partial charge in [-0.05, 0) is 18.8 Å². The molecule has 3 unspecified atom stereocenters. The molecule has 0 bridgehead atoms. The summed E-state index contributed by atoms with van der Waals surface area (Å²) in [5.41, 5.74) is 0. The van der Waals surface area contributed by atoms with E-state index in [9.17, 15) is 4.79 Å². The first-order chi connectivity index (χ1) is 8.04. The first-order valence-corrected chi connectivity index (χ1v) is 7.11. The van der Waals surface area contributed by atoms with Gasteiger partial charge in [0, 0.05) is 6.54 Å². The SMILES string of the molecule is CCC(CC)CN1C(=O)C(C(C)CC)NC1C. The van der Waals surface area contributed by atoms with E-state index < -0.39 is 0 Å². The molecule has 1 aliphatic rings. The lowest BCUT2D eigenvalue weighted by molar-refractivity contribution is -0.131. The van der Waals surface area contributed by atoms with Crippen LogP contribution in [0.4, 0.5) is 0 Å². The zero-order valence-corrected chi connectivity index (χ0v) is 12.0. The normalized spacial score (nSPS) is 26.9. The zero-order valence-electron chi connectivity index (χ0n) is 12.0. The van der Waals surface area contributed by atoms with Gasteiger partial charge in [-0.3, -0.25) is 10.1 Å². The molecule has 1 saturated heterocycles. The highest BCUT2D eigenvalue weighted by Gasteiger charge is 2.39. The molecule has 0 aromatic carbocycles. The van der Waals surface area contributed by atoms with Crippen LogP contribution >= 0.6 is 0 Å². The van der Waals surface area contributed by atoms with E-state index in [4.69, 9.17) is 0 Å². The average molecular weight is 240 g/mol. The number of nitrogens with one attached hydrogen (secondary N) is 1. The lowest BCUT2D eigenvalue weighted by Crippen LogP contribution is -2.38. The predicted molar refractivity (Wildman–Crippen MR) is 71.6 cm³/mol. The number of rotatable bonds is 6. The Morgan fingerprint density at radius 3 is 2.29 bits per heavy atom. The minimum Gasteiger partial charge on any atom is -0.326 e. The summed E-state index contributed by atoms with van der Waals surface area (Å²) in [6.45, 7) is 11.7. The Bertz CT molecular complexity index is 251. The van der Waals surface area contributed by atoms with Crippen LogP contribution < -0.4 is 5.32 Å². The third kappa shape index (κ3) is 3.21. The van der Waals surface area contributed by atoms with E-state index in [0.29, 0.717) is 17.7 Å². The Morgan fingerprint density at radius 2 is 1.82 bits per heavy atom. The van der Waals surface area contributed by atoms with Crippen LogP contribution in [0, 0.1) is 11.8 Å². The number of hydrogen-bond acceptors (Lipinski definition) is 2. The van der Waals surface area contributed by atoms with Gasteiger partial charge in [0.2, 0.25) is 5.91 Å². The third-order valence-electron chi connectivity index (χ3n) is 4.26. The molecule has 1 rings (SSSR count). The van der Waals surface area contributed by atoms with Gasteiger partial charge in [0.1, 0.15) is 0 Å². The van der Waals surface area contributed by atoms with Crippen molar-refractivity contribution in [2.75, 3.05) is 6.54 Å². The monoisotopic (exact) mass is 240 g/mol. The van der Waals surface area contributed by atoms with Crippen molar-refractivity contribution in [1.29, 1.82) is 0 Å². The molecule has 1 amide bonds. The maximum absolute atomic E-state index is 12.3. The molecule has 0 aromatic rings. The van der Waals surface area contributed by atoms with Crippen molar-refractivity contribution in [2.24, 2.45) is 11.8 Å². The van der Waals surface area contributed by atoms with Gasteiger partial charge in [0.05, 0.1) is 12.2 Å². The standard InChI is InChI=1S/C14H28N2O/c1-6-10(4)13-14(17)16(11(5)15-13)9-12(7-2)8-3/h10-13,15H,6-9H2,1-5H3. The summed E-state index contributed by atoms with van der Waals surface area (Å²) in [7, 11) is 0. The van der Waals surface area contributed by atoms with Gasteiger partial charge in [-0.2, -0.15) is 0 Å². The average Bonchev–Trinajstić information content (AvgIpc) is 2.61. The van der Waals surface area contributed by atoms with Crippen LogP contribution in [0.15, 0.2) is 0 Å². The Labute approximate surface area is 106 Å². The van der Waals surface area contributed by atoms with Crippen molar-refractivity contribution in [1.82, 2.24) is 10.2 Å². The van der Waals surface area contributed by atoms with E-state index in [-0.39, 0.29) is 12.2 Å². The van der Waals surface area contributed by atoms with Crippen molar-refractivity contribution in [3.8, 4) is 0 Å². The smallest absolute Gasteiger partial charge is 0.241 e. The van der Waals surface area contributed by atoms with Crippen LogP contribution in [-0.4, -0.2) is 29.6 Å². The highest BCUT2D eigenvalue weighted by Crippen LogP contribution is 2.21. The predicted octanol–water partition coefficient (Wildman–Crippen LogP) is 2.62. The van der Waals surface area contributed by atoms with Gasteiger partial charge in [0.15, 0.2) is 0 Å². The van der Waals surface area contributed by atoms with Gasteiger partial charge < -0.3 is 4.90 Å². The number of nitrogens with zero attached hydrogens (tertiary/aromatic N) is 1. The molecule has 0 radical (unpaired) electrons. The van der Waals surface area contributed by atoms with Gasteiger partial charge in [-0.1, -0.05) is 47.0 Å². The van der Waals surface area contributed by atoms with Gasteiger partial charge in [0.25, 0.3) is 0 Å². The molecule has 100 valence electrons. The van der Waals surface area contributed by atoms with Crippen LogP contribution in [0.2, 0.25) is 0 Å². The number of carbonyl (C=O) groups is 1. The van der Waals surface area contributed by atoms with E-state index in [2.05, 4.69) is 39.9 Å². The summed E-state index contributed by atoms with van der Waals surface area (Å²) in [6, 6.07) is 0.0318. The summed E-state index contributed by atoms with van der Waals surface area (Å²) in [4.78, 5) is 14.4. The molecule has 1 fully saturated rings. The highest BCUT2D eigenvalue weighted by atomic mass is 16.2. The number of amides is 1. The van der Waals surface area contributed by atoms with E-state index in [1.165, 1.54) is 0 Å².